The van der Waals surface area contributed by atoms with E-state index >= 15 is 0 Å². The standard InChI is InChI=1S/C32H30Cl2FN3O4S/c1-2-36-32(40)30(19-23-11-5-3-6-12-23)37(21-24-13-9-10-16-29(24)35)31(39)22-38(25-17-18-27(33)28(34)20-25)43(41,42)26-14-7-4-8-15-26/h3-18,20,30H,2,19,21-22H2,1H3,(H,36,40)/t30-/m0/s1. The van der Waals surface area contributed by atoms with Crippen LogP contribution in [0.4, 0.5) is 10.1 Å². The van der Waals surface area contributed by atoms with Crippen LogP contribution in [-0.2, 0) is 32.6 Å². The maximum atomic E-state index is 14.9. The molecule has 1 atom stereocenters. The quantitative estimate of drug-likeness (QED) is 0.202. The molecule has 7 nitrogen and oxygen atoms in total. The summed E-state index contributed by atoms with van der Waals surface area (Å²) < 4.78 is 43.7. The van der Waals surface area contributed by atoms with E-state index in [1.807, 2.05) is 30.3 Å². The van der Waals surface area contributed by atoms with Crippen molar-refractivity contribution in [1.29, 1.82) is 0 Å². The molecule has 4 aromatic carbocycles. The number of hydrogen-bond donors (Lipinski definition) is 1. The topological polar surface area (TPSA) is 86.8 Å². The van der Waals surface area contributed by atoms with Crippen LogP contribution in [0.2, 0.25) is 10.0 Å². The summed E-state index contributed by atoms with van der Waals surface area (Å²) in [5, 5.41) is 3.06. The molecule has 0 saturated heterocycles. The van der Waals surface area contributed by atoms with Gasteiger partial charge < -0.3 is 10.2 Å². The Balaban J connectivity index is 1.81. The fourth-order valence-corrected chi connectivity index (χ4v) is 6.26. The van der Waals surface area contributed by atoms with Crippen LogP contribution in [0.15, 0.2) is 108 Å². The molecule has 43 heavy (non-hydrogen) atoms. The molecule has 224 valence electrons. The minimum atomic E-state index is -4.30. The zero-order valence-electron chi connectivity index (χ0n) is 23.3. The molecular formula is C32H30Cl2FN3O4S. The Labute approximate surface area is 260 Å². The minimum absolute atomic E-state index is 0.0564. The van der Waals surface area contributed by atoms with Crippen LogP contribution in [0.1, 0.15) is 18.1 Å². The molecule has 0 spiro atoms. The molecule has 11 heteroatoms. The van der Waals surface area contributed by atoms with Crippen LogP contribution in [0.25, 0.3) is 0 Å². The summed E-state index contributed by atoms with van der Waals surface area (Å²) in [7, 11) is -4.30. The number of sulfonamides is 1. The lowest BCUT2D eigenvalue weighted by atomic mass is 10.0. The van der Waals surface area contributed by atoms with E-state index in [1.54, 1.807) is 31.2 Å². The minimum Gasteiger partial charge on any atom is -0.355 e. The summed E-state index contributed by atoms with van der Waals surface area (Å²) in [5.74, 6) is -1.74. The monoisotopic (exact) mass is 641 g/mol. The molecule has 0 aromatic heterocycles. The van der Waals surface area contributed by atoms with E-state index in [2.05, 4.69) is 5.32 Å². The SMILES string of the molecule is CCNC(=O)[C@H](Cc1ccccc1)N(Cc1ccccc1F)C(=O)CN(c1ccc(Cl)c(Cl)c1)S(=O)(=O)c1ccccc1. The number of benzene rings is 4. The van der Waals surface area contributed by atoms with Crippen molar-refractivity contribution in [2.24, 2.45) is 0 Å². The van der Waals surface area contributed by atoms with Crippen LogP contribution in [0.3, 0.4) is 0 Å². The Morgan fingerprint density at radius 1 is 0.860 bits per heavy atom. The van der Waals surface area contributed by atoms with Gasteiger partial charge in [-0.25, -0.2) is 12.8 Å². The van der Waals surface area contributed by atoms with Gasteiger partial charge in [-0.05, 0) is 48.9 Å². The first-order chi connectivity index (χ1) is 20.6. The zero-order chi connectivity index (χ0) is 31.0. The highest BCUT2D eigenvalue weighted by Gasteiger charge is 2.35. The van der Waals surface area contributed by atoms with Gasteiger partial charge >= 0.3 is 0 Å². The Hall–Kier alpha value is -3.92. The molecule has 4 rings (SSSR count). The van der Waals surface area contributed by atoms with Gasteiger partial charge in [0, 0.05) is 25.1 Å². The van der Waals surface area contributed by atoms with Crippen molar-refractivity contribution in [3.63, 3.8) is 0 Å². The van der Waals surface area contributed by atoms with Crippen LogP contribution in [-0.4, -0.2) is 44.3 Å². The highest BCUT2D eigenvalue weighted by molar-refractivity contribution is 7.92. The number of halogens is 3. The summed E-state index contributed by atoms with van der Waals surface area (Å²) in [5.41, 5.74) is 1.03. The third kappa shape index (κ3) is 7.93. The first-order valence-corrected chi connectivity index (χ1v) is 15.7. The highest BCUT2D eigenvalue weighted by atomic mass is 35.5. The molecule has 2 amide bonds. The Kier molecular flexibility index (Phi) is 10.8. The van der Waals surface area contributed by atoms with E-state index in [-0.39, 0.29) is 39.2 Å². The maximum Gasteiger partial charge on any atom is 0.264 e. The van der Waals surface area contributed by atoms with E-state index in [0.717, 1.165) is 9.87 Å². The molecule has 0 aliphatic heterocycles. The van der Waals surface area contributed by atoms with Crippen LogP contribution >= 0.6 is 23.2 Å². The number of likely N-dealkylation sites (N-methyl/N-ethyl adjacent to an activating group) is 1. The average Bonchev–Trinajstić information content (AvgIpc) is 3.01. The normalized spacial score (nSPS) is 11.9. The number of nitrogens with zero attached hydrogens (tertiary/aromatic N) is 2. The fraction of sp³-hybridized carbons (Fsp3) is 0.188. The second kappa shape index (κ2) is 14.5. The molecule has 0 fully saturated rings. The first kappa shape index (κ1) is 32.0. The molecule has 0 aliphatic rings. The van der Waals surface area contributed by atoms with Crippen molar-refractivity contribution < 1.29 is 22.4 Å². The molecular weight excluding hydrogens is 612 g/mol. The number of rotatable bonds is 12. The largest absolute Gasteiger partial charge is 0.355 e. The van der Waals surface area contributed by atoms with Gasteiger partial charge in [-0.3, -0.25) is 13.9 Å². The number of anilines is 1. The summed E-state index contributed by atoms with van der Waals surface area (Å²) in [6, 6.07) is 25.8. The average molecular weight is 643 g/mol. The van der Waals surface area contributed by atoms with Gasteiger partial charge in [-0.15, -0.1) is 0 Å². The predicted octanol–water partition coefficient (Wildman–Crippen LogP) is 6.10. The maximum absolute atomic E-state index is 14.9. The molecule has 0 bridgehead atoms. The van der Waals surface area contributed by atoms with Gasteiger partial charge in [0.2, 0.25) is 11.8 Å². The molecule has 0 saturated carbocycles. The second-order valence-corrected chi connectivity index (χ2v) is 12.3. The number of carbonyl (C=O) groups excluding carboxylic acids is 2. The molecule has 0 heterocycles. The number of amides is 2. The molecule has 4 aromatic rings. The third-order valence-electron chi connectivity index (χ3n) is 6.72. The zero-order valence-corrected chi connectivity index (χ0v) is 25.6. The van der Waals surface area contributed by atoms with Crippen molar-refractivity contribution in [2.45, 2.75) is 30.8 Å². The molecule has 0 unspecified atom stereocenters. The lowest BCUT2D eigenvalue weighted by Gasteiger charge is -2.34. The Bertz CT molecular complexity index is 1670. The van der Waals surface area contributed by atoms with Gasteiger partial charge in [0.05, 0.1) is 20.6 Å². The van der Waals surface area contributed by atoms with Gasteiger partial charge in [0.15, 0.2) is 0 Å². The number of hydrogen-bond acceptors (Lipinski definition) is 4. The third-order valence-corrected chi connectivity index (χ3v) is 9.25. The molecule has 0 radical (unpaired) electrons. The Morgan fingerprint density at radius 3 is 2.12 bits per heavy atom. The number of nitrogens with one attached hydrogen (secondary N) is 1. The lowest BCUT2D eigenvalue weighted by molar-refractivity contribution is -0.140. The Morgan fingerprint density at radius 2 is 1.49 bits per heavy atom. The van der Waals surface area contributed by atoms with E-state index in [4.69, 9.17) is 23.2 Å². The lowest BCUT2D eigenvalue weighted by Crippen LogP contribution is -2.53. The van der Waals surface area contributed by atoms with E-state index in [9.17, 15) is 22.4 Å². The van der Waals surface area contributed by atoms with Crippen LogP contribution < -0.4 is 9.62 Å². The van der Waals surface area contributed by atoms with Gasteiger partial charge in [-0.1, -0.05) is 89.9 Å². The summed E-state index contributed by atoms with van der Waals surface area (Å²) in [6.45, 7) is 1.07. The van der Waals surface area contributed by atoms with E-state index in [1.165, 1.54) is 53.4 Å². The smallest absolute Gasteiger partial charge is 0.264 e. The van der Waals surface area contributed by atoms with Crippen LogP contribution in [0.5, 0.6) is 0 Å². The van der Waals surface area contributed by atoms with Crippen LogP contribution in [0, 0.1) is 5.82 Å². The summed E-state index contributed by atoms with van der Waals surface area (Å²) in [6.07, 6.45) is 0.116. The highest BCUT2D eigenvalue weighted by Crippen LogP contribution is 2.31. The predicted molar refractivity (Wildman–Crippen MR) is 167 cm³/mol. The van der Waals surface area contributed by atoms with Gasteiger partial charge in [0.25, 0.3) is 10.0 Å². The van der Waals surface area contributed by atoms with Crippen molar-refractivity contribution >= 4 is 50.7 Å². The number of carbonyl (C=O) groups is 2. The summed E-state index contributed by atoms with van der Waals surface area (Å²) in [4.78, 5) is 28.9. The second-order valence-electron chi connectivity index (χ2n) is 9.64. The van der Waals surface area contributed by atoms with Crippen molar-refractivity contribution in [3.05, 3.63) is 130 Å². The first-order valence-electron chi connectivity index (χ1n) is 13.5. The molecule has 1 N–H and O–H groups in total. The van der Waals surface area contributed by atoms with Gasteiger partial charge in [-0.2, -0.15) is 0 Å². The van der Waals surface area contributed by atoms with Gasteiger partial charge in [0.1, 0.15) is 18.4 Å². The van der Waals surface area contributed by atoms with E-state index < -0.39 is 40.2 Å². The molecule has 0 aliphatic carbocycles. The van der Waals surface area contributed by atoms with Crippen molar-refractivity contribution in [1.82, 2.24) is 10.2 Å². The fourth-order valence-electron chi connectivity index (χ4n) is 4.54. The summed E-state index contributed by atoms with van der Waals surface area (Å²) >= 11 is 12.4. The van der Waals surface area contributed by atoms with Crippen molar-refractivity contribution in [3.8, 4) is 0 Å². The van der Waals surface area contributed by atoms with Crippen molar-refractivity contribution in [2.75, 3.05) is 17.4 Å². The van der Waals surface area contributed by atoms with E-state index in [0.29, 0.717) is 6.54 Å².